The Balaban J connectivity index is 2.10. The number of fused-ring (bicyclic) bond motifs is 1. The highest BCUT2D eigenvalue weighted by Crippen LogP contribution is 2.23. The van der Waals surface area contributed by atoms with Crippen molar-refractivity contribution in [3.63, 3.8) is 0 Å². The Kier molecular flexibility index (Phi) is 2.36. The van der Waals surface area contributed by atoms with Gasteiger partial charge in [-0.2, -0.15) is 0 Å². The molecule has 0 saturated heterocycles. The third-order valence-corrected chi connectivity index (χ3v) is 2.92. The van der Waals surface area contributed by atoms with Gasteiger partial charge in [-0.1, -0.05) is 0 Å². The van der Waals surface area contributed by atoms with E-state index in [0.29, 0.717) is 11.4 Å². The van der Waals surface area contributed by atoms with Crippen LogP contribution in [0.25, 0.3) is 11.4 Å². The number of pyridine rings is 1. The summed E-state index contributed by atoms with van der Waals surface area (Å²) in [5, 5.41) is 11.6. The molecule has 0 amide bonds. The fourth-order valence-corrected chi connectivity index (χ4v) is 2.09. The SMILES string of the molecule is CC1NCCn2c(-c3cncc(F)c3)nnc21. The van der Waals surface area contributed by atoms with E-state index in [2.05, 4.69) is 20.5 Å². The molecular weight excluding hydrogens is 221 g/mol. The molecular formula is C11H12FN5. The molecule has 0 spiro atoms. The van der Waals surface area contributed by atoms with E-state index in [4.69, 9.17) is 0 Å². The van der Waals surface area contributed by atoms with Crippen LogP contribution in [0.15, 0.2) is 18.5 Å². The topological polar surface area (TPSA) is 55.6 Å². The third kappa shape index (κ3) is 1.70. The van der Waals surface area contributed by atoms with Gasteiger partial charge in [0.05, 0.1) is 12.2 Å². The predicted octanol–water partition coefficient (Wildman–Crippen LogP) is 1.14. The Morgan fingerprint density at radius 3 is 3.12 bits per heavy atom. The van der Waals surface area contributed by atoms with Crippen molar-refractivity contribution in [3.8, 4) is 11.4 Å². The van der Waals surface area contributed by atoms with E-state index in [1.807, 2.05) is 11.5 Å². The Morgan fingerprint density at radius 2 is 2.29 bits per heavy atom. The van der Waals surface area contributed by atoms with E-state index in [9.17, 15) is 4.39 Å². The smallest absolute Gasteiger partial charge is 0.165 e. The van der Waals surface area contributed by atoms with Gasteiger partial charge >= 0.3 is 0 Å². The Labute approximate surface area is 97.7 Å². The van der Waals surface area contributed by atoms with Gasteiger partial charge in [-0.3, -0.25) is 4.98 Å². The van der Waals surface area contributed by atoms with Gasteiger partial charge < -0.3 is 9.88 Å². The summed E-state index contributed by atoms with van der Waals surface area (Å²) >= 11 is 0. The Bertz CT molecular complexity index is 551. The minimum atomic E-state index is -0.359. The maximum Gasteiger partial charge on any atom is 0.165 e. The monoisotopic (exact) mass is 233 g/mol. The van der Waals surface area contributed by atoms with Gasteiger partial charge in [-0.25, -0.2) is 4.39 Å². The van der Waals surface area contributed by atoms with E-state index >= 15 is 0 Å². The maximum atomic E-state index is 13.1. The van der Waals surface area contributed by atoms with Crippen LogP contribution in [0.5, 0.6) is 0 Å². The van der Waals surface area contributed by atoms with Crippen molar-refractivity contribution in [2.24, 2.45) is 0 Å². The quantitative estimate of drug-likeness (QED) is 0.802. The maximum absolute atomic E-state index is 13.1. The fraction of sp³-hybridized carbons (Fsp3) is 0.364. The molecule has 88 valence electrons. The van der Waals surface area contributed by atoms with Crippen LogP contribution in [0.3, 0.4) is 0 Å². The molecule has 0 fully saturated rings. The summed E-state index contributed by atoms with van der Waals surface area (Å²) in [4.78, 5) is 3.84. The molecule has 1 aliphatic rings. The lowest BCUT2D eigenvalue weighted by Crippen LogP contribution is -2.32. The molecule has 0 bridgehead atoms. The molecule has 3 rings (SSSR count). The number of hydrogen-bond donors (Lipinski definition) is 1. The molecule has 0 aliphatic carbocycles. The summed E-state index contributed by atoms with van der Waals surface area (Å²) in [6.07, 6.45) is 2.79. The summed E-state index contributed by atoms with van der Waals surface area (Å²) in [7, 11) is 0. The number of aromatic nitrogens is 4. The molecule has 1 N–H and O–H groups in total. The van der Waals surface area contributed by atoms with E-state index in [1.54, 1.807) is 6.20 Å². The van der Waals surface area contributed by atoms with Gasteiger partial charge in [0.2, 0.25) is 0 Å². The average Bonchev–Trinajstić information content (AvgIpc) is 2.74. The van der Waals surface area contributed by atoms with Crippen molar-refractivity contribution < 1.29 is 4.39 Å². The highest BCUT2D eigenvalue weighted by atomic mass is 19.1. The number of halogens is 1. The first kappa shape index (κ1) is 10.3. The van der Waals surface area contributed by atoms with Gasteiger partial charge in [-0.15, -0.1) is 10.2 Å². The van der Waals surface area contributed by atoms with Gasteiger partial charge in [0.15, 0.2) is 5.82 Å². The highest BCUT2D eigenvalue weighted by Gasteiger charge is 2.22. The molecule has 0 saturated carbocycles. The van der Waals surface area contributed by atoms with Crippen molar-refractivity contribution in [2.75, 3.05) is 6.54 Å². The lowest BCUT2D eigenvalue weighted by atomic mass is 10.2. The molecule has 1 unspecified atom stereocenters. The number of nitrogens with one attached hydrogen (secondary N) is 1. The van der Waals surface area contributed by atoms with Crippen LogP contribution in [0.1, 0.15) is 18.8 Å². The second-order valence-corrected chi connectivity index (χ2v) is 4.10. The lowest BCUT2D eigenvalue weighted by molar-refractivity contribution is 0.439. The van der Waals surface area contributed by atoms with Crippen molar-refractivity contribution in [3.05, 3.63) is 30.1 Å². The van der Waals surface area contributed by atoms with Crippen LogP contribution in [-0.2, 0) is 6.54 Å². The fourth-order valence-electron chi connectivity index (χ4n) is 2.09. The van der Waals surface area contributed by atoms with E-state index in [-0.39, 0.29) is 11.9 Å². The zero-order chi connectivity index (χ0) is 11.8. The average molecular weight is 233 g/mol. The van der Waals surface area contributed by atoms with Crippen LogP contribution in [0.4, 0.5) is 4.39 Å². The van der Waals surface area contributed by atoms with Gasteiger partial charge in [0.1, 0.15) is 11.6 Å². The highest BCUT2D eigenvalue weighted by molar-refractivity contribution is 5.54. The summed E-state index contributed by atoms with van der Waals surface area (Å²) in [6.45, 7) is 3.69. The first-order valence-electron chi connectivity index (χ1n) is 5.53. The van der Waals surface area contributed by atoms with E-state index < -0.39 is 0 Å². The first-order chi connectivity index (χ1) is 8.25. The zero-order valence-corrected chi connectivity index (χ0v) is 9.39. The van der Waals surface area contributed by atoms with E-state index in [0.717, 1.165) is 18.9 Å². The summed E-state index contributed by atoms with van der Waals surface area (Å²) in [6, 6.07) is 1.60. The van der Waals surface area contributed by atoms with Crippen molar-refractivity contribution in [2.45, 2.75) is 19.5 Å². The summed E-state index contributed by atoms with van der Waals surface area (Å²) in [5.41, 5.74) is 0.665. The number of rotatable bonds is 1. The van der Waals surface area contributed by atoms with Crippen molar-refractivity contribution in [1.29, 1.82) is 0 Å². The molecule has 1 atom stereocenters. The van der Waals surface area contributed by atoms with Gasteiger partial charge in [0.25, 0.3) is 0 Å². The second-order valence-electron chi connectivity index (χ2n) is 4.10. The third-order valence-electron chi connectivity index (χ3n) is 2.92. The Hall–Kier alpha value is -1.82. The first-order valence-corrected chi connectivity index (χ1v) is 5.53. The van der Waals surface area contributed by atoms with Crippen LogP contribution in [0, 0.1) is 5.82 Å². The largest absolute Gasteiger partial charge is 0.308 e. The number of hydrogen-bond acceptors (Lipinski definition) is 4. The van der Waals surface area contributed by atoms with E-state index in [1.165, 1.54) is 12.3 Å². The molecule has 2 aromatic heterocycles. The van der Waals surface area contributed by atoms with Crippen LogP contribution in [0.2, 0.25) is 0 Å². The molecule has 17 heavy (non-hydrogen) atoms. The van der Waals surface area contributed by atoms with Crippen molar-refractivity contribution in [1.82, 2.24) is 25.1 Å². The minimum absolute atomic E-state index is 0.173. The molecule has 6 heteroatoms. The van der Waals surface area contributed by atoms with Crippen LogP contribution < -0.4 is 5.32 Å². The van der Waals surface area contributed by atoms with Gasteiger partial charge in [0, 0.05) is 24.8 Å². The molecule has 0 radical (unpaired) electrons. The molecule has 0 aromatic carbocycles. The van der Waals surface area contributed by atoms with Crippen LogP contribution in [-0.4, -0.2) is 26.3 Å². The lowest BCUT2D eigenvalue weighted by Gasteiger charge is -2.21. The summed E-state index contributed by atoms with van der Waals surface area (Å²) in [5.74, 6) is 1.21. The Morgan fingerprint density at radius 1 is 1.41 bits per heavy atom. The predicted molar refractivity (Wildman–Crippen MR) is 59.6 cm³/mol. The van der Waals surface area contributed by atoms with Crippen molar-refractivity contribution >= 4 is 0 Å². The molecule has 5 nitrogen and oxygen atoms in total. The number of nitrogens with zero attached hydrogens (tertiary/aromatic N) is 4. The van der Waals surface area contributed by atoms with Crippen LogP contribution >= 0.6 is 0 Å². The summed E-state index contributed by atoms with van der Waals surface area (Å²) < 4.78 is 15.1. The molecule has 2 aromatic rings. The van der Waals surface area contributed by atoms with Gasteiger partial charge in [-0.05, 0) is 13.0 Å². The molecule has 1 aliphatic heterocycles. The molecule has 3 heterocycles. The minimum Gasteiger partial charge on any atom is -0.308 e. The standard InChI is InChI=1S/C11H12FN5/c1-7-10-15-16-11(17(10)3-2-14-7)8-4-9(12)6-13-5-8/h4-7,14H,2-3H2,1H3. The second kappa shape index (κ2) is 3.89. The normalized spacial score (nSPS) is 19.1. The zero-order valence-electron chi connectivity index (χ0n) is 9.39.